The smallest absolute Gasteiger partial charge is 0.254 e. The molecule has 0 aliphatic rings. The summed E-state index contributed by atoms with van der Waals surface area (Å²) in [6, 6.07) is 9.76. The molecule has 0 unspecified atom stereocenters. The van der Waals surface area contributed by atoms with Crippen LogP contribution in [0, 0.1) is 0 Å². The molecule has 29 heavy (non-hydrogen) atoms. The molecule has 1 atom stereocenters. The van der Waals surface area contributed by atoms with Crippen LogP contribution >= 0.6 is 11.6 Å². The van der Waals surface area contributed by atoms with E-state index in [0.29, 0.717) is 16.5 Å². The molecule has 0 aromatic heterocycles. The molecule has 9 heteroatoms. The maximum absolute atomic E-state index is 13.1. The van der Waals surface area contributed by atoms with Crippen LogP contribution in [0.25, 0.3) is 0 Å². The van der Waals surface area contributed by atoms with Gasteiger partial charge in [-0.15, -0.1) is 0 Å². The van der Waals surface area contributed by atoms with Crippen LogP contribution in [0.2, 0.25) is 5.02 Å². The molecule has 0 heterocycles. The van der Waals surface area contributed by atoms with Gasteiger partial charge in [0.15, 0.2) is 11.5 Å². The van der Waals surface area contributed by atoms with Crippen LogP contribution in [0.5, 0.6) is 11.5 Å². The van der Waals surface area contributed by atoms with Crippen LogP contribution in [-0.2, 0) is 10.0 Å². The first-order chi connectivity index (χ1) is 13.6. The van der Waals surface area contributed by atoms with E-state index in [4.69, 9.17) is 21.1 Å². The molecule has 0 fully saturated rings. The summed E-state index contributed by atoms with van der Waals surface area (Å²) >= 11 is 5.92. The summed E-state index contributed by atoms with van der Waals surface area (Å²) in [7, 11) is -0.718. The van der Waals surface area contributed by atoms with E-state index in [9.17, 15) is 13.2 Å². The van der Waals surface area contributed by atoms with Crippen molar-refractivity contribution in [1.82, 2.24) is 5.32 Å². The molecule has 2 aromatic rings. The summed E-state index contributed by atoms with van der Waals surface area (Å²) in [5.74, 6) is 0.211. The van der Waals surface area contributed by atoms with Crippen LogP contribution in [0.15, 0.2) is 36.4 Å². The Morgan fingerprint density at radius 2 is 1.69 bits per heavy atom. The number of benzene rings is 2. The normalized spacial score (nSPS) is 12.2. The molecule has 0 spiro atoms. The van der Waals surface area contributed by atoms with Crippen LogP contribution < -0.4 is 19.1 Å². The van der Waals surface area contributed by atoms with Crippen molar-refractivity contribution >= 4 is 33.2 Å². The van der Waals surface area contributed by atoms with Gasteiger partial charge in [0.25, 0.3) is 5.91 Å². The SMILES string of the molecule is CCN(c1cc(OC)c(OC)cc1C(=O)N[C@@H](C)c1ccc(Cl)cc1)S(C)(=O)=O. The fraction of sp³-hybridized carbons (Fsp3) is 0.350. The van der Waals surface area contributed by atoms with Crippen LogP contribution in [0.4, 0.5) is 5.69 Å². The van der Waals surface area contributed by atoms with E-state index in [1.807, 2.05) is 19.1 Å². The number of amides is 1. The minimum absolute atomic E-state index is 0.154. The Hall–Kier alpha value is -2.45. The summed E-state index contributed by atoms with van der Waals surface area (Å²) in [4.78, 5) is 13.1. The zero-order chi connectivity index (χ0) is 21.8. The highest BCUT2D eigenvalue weighted by Gasteiger charge is 2.26. The van der Waals surface area contributed by atoms with Crippen molar-refractivity contribution in [3.8, 4) is 11.5 Å². The monoisotopic (exact) mass is 440 g/mol. The third-order valence-corrected chi connectivity index (χ3v) is 5.93. The molecular formula is C20H25ClN2O5S. The summed E-state index contributed by atoms with van der Waals surface area (Å²) in [6.07, 6.45) is 1.09. The molecule has 0 bridgehead atoms. The largest absolute Gasteiger partial charge is 0.493 e. The standard InChI is InChI=1S/C20H25ClN2O5S/c1-6-23(29(5,25)26)17-12-19(28-4)18(27-3)11-16(17)20(24)22-13(2)14-7-9-15(21)10-8-14/h7-13H,6H2,1-5H3,(H,22,24)/t13-/m0/s1. The molecule has 0 aliphatic carbocycles. The second kappa shape index (κ2) is 9.37. The Labute approximate surface area is 176 Å². The van der Waals surface area contributed by atoms with E-state index < -0.39 is 15.9 Å². The summed E-state index contributed by atoms with van der Waals surface area (Å²) < 4.78 is 36.3. The topological polar surface area (TPSA) is 84.9 Å². The van der Waals surface area contributed by atoms with Crippen molar-refractivity contribution in [2.24, 2.45) is 0 Å². The Kier molecular flexibility index (Phi) is 7.37. The van der Waals surface area contributed by atoms with Crippen molar-refractivity contribution in [3.05, 3.63) is 52.5 Å². The third kappa shape index (κ3) is 5.33. The number of hydrogen-bond donors (Lipinski definition) is 1. The number of nitrogens with one attached hydrogen (secondary N) is 1. The van der Waals surface area contributed by atoms with Gasteiger partial charge in [0, 0.05) is 17.6 Å². The molecule has 0 radical (unpaired) electrons. The van der Waals surface area contributed by atoms with Gasteiger partial charge in [-0.25, -0.2) is 8.42 Å². The lowest BCUT2D eigenvalue weighted by atomic mass is 10.1. The lowest BCUT2D eigenvalue weighted by Gasteiger charge is -2.25. The highest BCUT2D eigenvalue weighted by molar-refractivity contribution is 7.92. The van der Waals surface area contributed by atoms with Crippen LogP contribution in [0.1, 0.15) is 35.8 Å². The number of rotatable bonds is 8. The second-order valence-corrected chi connectivity index (χ2v) is 8.74. The fourth-order valence-electron chi connectivity index (χ4n) is 2.95. The Balaban J connectivity index is 2.50. The lowest BCUT2D eigenvalue weighted by Crippen LogP contribution is -2.33. The van der Waals surface area contributed by atoms with Gasteiger partial charge in [0.05, 0.1) is 37.8 Å². The van der Waals surface area contributed by atoms with Gasteiger partial charge >= 0.3 is 0 Å². The van der Waals surface area contributed by atoms with Gasteiger partial charge in [-0.3, -0.25) is 9.10 Å². The van der Waals surface area contributed by atoms with Crippen molar-refractivity contribution in [2.45, 2.75) is 19.9 Å². The third-order valence-electron chi connectivity index (χ3n) is 4.42. The predicted octanol–water partition coefficient (Wildman–Crippen LogP) is 3.63. The van der Waals surface area contributed by atoms with Gasteiger partial charge in [-0.05, 0) is 37.6 Å². The van der Waals surface area contributed by atoms with E-state index in [2.05, 4.69) is 5.32 Å². The second-order valence-electron chi connectivity index (χ2n) is 6.40. The Bertz CT molecular complexity index is 977. The highest BCUT2D eigenvalue weighted by Crippen LogP contribution is 2.36. The Morgan fingerprint density at radius 3 is 2.17 bits per heavy atom. The van der Waals surface area contributed by atoms with Crippen LogP contribution in [-0.4, -0.2) is 41.3 Å². The zero-order valence-electron chi connectivity index (χ0n) is 17.0. The number of anilines is 1. The first-order valence-electron chi connectivity index (χ1n) is 8.92. The van der Waals surface area contributed by atoms with Gasteiger partial charge < -0.3 is 14.8 Å². The lowest BCUT2D eigenvalue weighted by molar-refractivity contribution is 0.0940. The number of ether oxygens (including phenoxy) is 2. The van der Waals surface area contributed by atoms with E-state index >= 15 is 0 Å². The molecule has 2 rings (SSSR count). The minimum Gasteiger partial charge on any atom is -0.493 e. The van der Waals surface area contributed by atoms with E-state index in [1.165, 1.54) is 26.4 Å². The van der Waals surface area contributed by atoms with Crippen molar-refractivity contribution in [2.75, 3.05) is 31.3 Å². The number of halogens is 1. The zero-order valence-corrected chi connectivity index (χ0v) is 18.6. The number of methoxy groups -OCH3 is 2. The van der Waals surface area contributed by atoms with Gasteiger partial charge in [0.2, 0.25) is 10.0 Å². The molecule has 0 saturated carbocycles. The molecular weight excluding hydrogens is 416 g/mol. The van der Waals surface area contributed by atoms with Crippen molar-refractivity contribution in [3.63, 3.8) is 0 Å². The molecule has 7 nitrogen and oxygen atoms in total. The van der Waals surface area contributed by atoms with Crippen LogP contribution in [0.3, 0.4) is 0 Å². The molecule has 158 valence electrons. The van der Waals surface area contributed by atoms with E-state index in [-0.39, 0.29) is 23.8 Å². The molecule has 1 amide bonds. The average molecular weight is 441 g/mol. The molecule has 1 N–H and O–H groups in total. The number of carbonyl (C=O) groups excluding carboxylic acids is 1. The minimum atomic E-state index is -3.61. The number of carbonyl (C=O) groups is 1. The average Bonchev–Trinajstić information content (AvgIpc) is 2.67. The maximum Gasteiger partial charge on any atom is 0.254 e. The first kappa shape index (κ1) is 22.8. The first-order valence-corrected chi connectivity index (χ1v) is 11.1. The number of sulfonamides is 1. The van der Waals surface area contributed by atoms with E-state index in [1.54, 1.807) is 19.1 Å². The molecule has 2 aromatic carbocycles. The van der Waals surface area contributed by atoms with E-state index in [0.717, 1.165) is 16.1 Å². The fourth-order valence-corrected chi connectivity index (χ4v) is 4.05. The highest BCUT2D eigenvalue weighted by atomic mass is 35.5. The van der Waals surface area contributed by atoms with Crippen molar-refractivity contribution in [1.29, 1.82) is 0 Å². The van der Waals surface area contributed by atoms with Gasteiger partial charge in [-0.1, -0.05) is 23.7 Å². The Morgan fingerprint density at radius 1 is 1.14 bits per heavy atom. The summed E-state index contributed by atoms with van der Waals surface area (Å²) in [5.41, 5.74) is 1.24. The van der Waals surface area contributed by atoms with Crippen molar-refractivity contribution < 1.29 is 22.7 Å². The number of nitrogens with zero attached hydrogens (tertiary/aromatic N) is 1. The number of hydrogen-bond acceptors (Lipinski definition) is 5. The predicted molar refractivity (Wildman–Crippen MR) is 115 cm³/mol. The summed E-state index contributed by atoms with van der Waals surface area (Å²) in [6.45, 7) is 3.67. The molecule has 0 aliphatic heterocycles. The van der Waals surface area contributed by atoms with Gasteiger partial charge in [-0.2, -0.15) is 0 Å². The quantitative estimate of drug-likeness (QED) is 0.677. The summed E-state index contributed by atoms with van der Waals surface area (Å²) in [5, 5.41) is 3.49. The maximum atomic E-state index is 13.1. The van der Waals surface area contributed by atoms with Gasteiger partial charge in [0.1, 0.15) is 0 Å². The molecule has 0 saturated heterocycles.